The Morgan fingerprint density at radius 1 is 1.29 bits per heavy atom. The van der Waals surface area contributed by atoms with Crippen LogP contribution in [0.4, 0.5) is 4.79 Å². The first-order chi connectivity index (χ1) is 10.0. The Bertz CT molecular complexity index is 462. The summed E-state index contributed by atoms with van der Waals surface area (Å²) in [4.78, 5) is 36.4. The van der Waals surface area contributed by atoms with E-state index in [2.05, 4.69) is 5.32 Å². The number of hydrogen-bond donors (Lipinski definition) is 2. The molecule has 7 heteroatoms. The summed E-state index contributed by atoms with van der Waals surface area (Å²) in [6.07, 6.45) is 5.94. The van der Waals surface area contributed by atoms with Gasteiger partial charge in [0.1, 0.15) is 6.04 Å². The fourth-order valence-electron chi connectivity index (χ4n) is 2.79. The Hall–Kier alpha value is -2.05. The van der Waals surface area contributed by atoms with Crippen molar-refractivity contribution < 1.29 is 24.2 Å². The van der Waals surface area contributed by atoms with Gasteiger partial charge in [0, 0.05) is 6.54 Å². The lowest BCUT2D eigenvalue weighted by molar-refractivity contribution is -0.147. The van der Waals surface area contributed by atoms with Gasteiger partial charge in [-0.15, -0.1) is 0 Å². The quantitative estimate of drug-likeness (QED) is 0.592. The lowest BCUT2D eigenvalue weighted by Gasteiger charge is -2.34. The second kappa shape index (κ2) is 6.60. The third-order valence-electron chi connectivity index (χ3n) is 3.95. The summed E-state index contributed by atoms with van der Waals surface area (Å²) in [5.41, 5.74) is 0. The van der Waals surface area contributed by atoms with Gasteiger partial charge in [-0.25, -0.2) is 9.59 Å². The van der Waals surface area contributed by atoms with Crippen LogP contribution in [0.3, 0.4) is 0 Å². The molecule has 1 saturated heterocycles. The van der Waals surface area contributed by atoms with Gasteiger partial charge in [-0.1, -0.05) is 12.2 Å². The highest BCUT2D eigenvalue weighted by Gasteiger charge is 2.34. The highest BCUT2D eigenvalue weighted by atomic mass is 16.5. The van der Waals surface area contributed by atoms with Crippen LogP contribution in [0.2, 0.25) is 0 Å². The van der Waals surface area contributed by atoms with Gasteiger partial charge in [-0.3, -0.25) is 4.79 Å². The topological polar surface area (TPSA) is 95.9 Å². The summed E-state index contributed by atoms with van der Waals surface area (Å²) in [5, 5.41) is 11.7. The van der Waals surface area contributed by atoms with Crippen LogP contribution in [0.5, 0.6) is 0 Å². The van der Waals surface area contributed by atoms with E-state index < -0.39 is 23.9 Å². The van der Waals surface area contributed by atoms with Crippen molar-refractivity contribution in [1.82, 2.24) is 10.2 Å². The maximum atomic E-state index is 12.3. The number of ether oxygens (including phenoxy) is 1. The number of likely N-dealkylation sites (tertiary alicyclic amines) is 1. The van der Waals surface area contributed by atoms with Crippen LogP contribution in [-0.4, -0.2) is 53.7 Å². The molecular weight excluding hydrogens is 276 g/mol. The number of esters is 1. The molecule has 0 aromatic heterocycles. The molecule has 3 unspecified atom stereocenters. The van der Waals surface area contributed by atoms with E-state index in [0.29, 0.717) is 19.4 Å². The molecule has 0 aromatic rings. The van der Waals surface area contributed by atoms with Crippen molar-refractivity contribution in [3.05, 3.63) is 12.2 Å². The van der Waals surface area contributed by atoms with E-state index in [1.165, 1.54) is 12.0 Å². The molecule has 1 fully saturated rings. The molecule has 0 bridgehead atoms. The molecule has 116 valence electrons. The van der Waals surface area contributed by atoms with Gasteiger partial charge >= 0.3 is 18.0 Å². The number of nitrogens with one attached hydrogen (secondary N) is 1. The van der Waals surface area contributed by atoms with Crippen molar-refractivity contribution >= 4 is 18.0 Å². The third-order valence-corrected chi connectivity index (χ3v) is 3.95. The van der Waals surface area contributed by atoms with Gasteiger partial charge in [0.25, 0.3) is 0 Å². The van der Waals surface area contributed by atoms with Gasteiger partial charge in [0.15, 0.2) is 0 Å². The van der Waals surface area contributed by atoms with Gasteiger partial charge in [-0.2, -0.15) is 0 Å². The maximum Gasteiger partial charge on any atom is 0.328 e. The van der Waals surface area contributed by atoms with Crippen molar-refractivity contribution in [1.29, 1.82) is 0 Å². The Morgan fingerprint density at radius 3 is 2.67 bits per heavy atom. The summed E-state index contributed by atoms with van der Waals surface area (Å²) in [5.74, 6) is -1.86. The number of amides is 2. The fraction of sp³-hybridized carbons (Fsp3) is 0.643. The Labute approximate surface area is 122 Å². The number of piperidine rings is 1. The monoisotopic (exact) mass is 296 g/mol. The van der Waals surface area contributed by atoms with E-state index >= 15 is 0 Å². The molecule has 2 aliphatic rings. The van der Waals surface area contributed by atoms with Crippen molar-refractivity contribution in [2.45, 2.75) is 37.8 Å². The Balaban J connectivity index is 1.94. The van der Waals surface area contributed by atoms with E-state index in [4.69, 9.17) is 9.84 Å². The lowest BCUT2D eigenvalue weighted by atomic mass is 10.0. The number of carboxylic acid groups (broad SMARTS) is 1. The molecule has 2 N–H and O–H groups in total. The molecule has 0 spiro atoms. The summed E-state index contributed by atoms with van der Waals surface area (Å²) >= 11 is 0. The highest BCUT2D eigenvalue weighted by Crippen LogP contribution is 2.21. The predicted octanol–water partition coefficient (Wildman–Crippen LogP) is 0.753. The second-order valence-corrected chi connectivity index (χ2v) is 5.35. The number of methoxy groups -OCH3 is 1. The van der Waals surface area contributed by atoms with Gasteiger partial charge in [-0.05, 0) is 25.7 Å². The zero-order chi connectivity index (χ0) is 15.4. The van der Waals surface area contributed by atoms with E-state index in [-0.39, 0.29) is 12.1 Å². The number of nitrogens with zero attached hydrogens (tertiary/aromatic N) is 1. The molecule has 1 aliphatic heterocycles. The molecule has 0 radical (unpaired) electrons. The van der Waals surface area contributed by atoms with Crippen LogP contribution in [0.25, 0.3) is 0 Å². The molecule has 2 rings (SSSR count). The largest absolute Gasteiger partial charge is 0.481 e. The van der Waals surface area contributed by atoms with E-state index in [1.807, 2.05) is 0 Å². The normalized spacial score (nSPS) is 28.2. The van der Waals surface area contributed by atoms with E-state index in [0.717, 1.165) is 12.8 Å². The minimum absolute atomic E-state index is 0.307. The van der Waals surface area contributed by atoms with Crippen LogP contribution in [0.15, 0.2) is 12.2 Å². The first-order valence-electron chi connectivity index (χ1n) is 7.09. The van der Waals surface area contributed by atoms with Crippen LogP contribution in [0.1, 0.15) is 25.7 Å². The third kappa shape index (κ3) is 3.53. The zero-order valence-corrected chi connectivity index (χ0v) is 11.9. The second-order valence-electron chi connectivity index (χ2n) is 5.35. The van der Waals surface area contributed by atoms with Crippen LogP contribution in [0, 0.1) is 5.92 Å². The van der Waals surface area contributed by atoms with Gasteiger partial charge in [0.2, 0.25) is 0 Å². The number of urea groups is 1. The summed E-state index contributed by atoms with van der Waals surface area (Å²) in [6, 6.07) is -1.20. The highest BCUT2D eigenvalue weighted by molar-refractivity contribution is 5.84. The molecule has 2 amide bonds. The van der Waals surface area contributed by atoms with Crippen molar-refractivity contribution in [3.8, 4) is 0 Å². The smallest absolute Gasteiger partial charge is 0.328 e. The molecule has 21 heavy (non-hydrogen) atoms. The minimum atomic E-state index is -0.895. The Kier molecular flexibility index (Phi) is 4.82. The summed E-state index contributed by atoms with van der Waals surface area (Å²) < 4.78 is 4.74. The summed E-state index contributed by atoms with van der Waals surface area (Å²) in [6.45, 7) is 0.504. The zero-order valence-electron chi connectivity index (χ0n) is 11.9. The molecule has 0 aromatic carbocycles. The number of carboxylic acids is 1. The van der Waals surface area contributed by atoms with Crippen molar-refractivity contribution in [2.24, 2.45) is 5.92 Å². The number of carbonyl (C=O) groups excluding carboxylic acids is 2. The van der Waals surface area contributed by atoms with Gasteiger partial charge < -0.3 is 20.1 Å². The van der Waals surface area contributed by atoms with Crippen molar-refractivity contribution in [3.63, 3.8) is 0 Å². The minimum Gasteiger partial charge on any atom is -0.481 e. The number of carbonyl (C=O) groups is 3. The molecule has 1 heterocycles. The van der Waals surface area contributed by atoms with Gasteiger partial charge in [0.05, 0.1) is 19.1 Å². The number of hydrogen-bond acceptors (Lipinski definition) is 4. The van der Waals surface area contributed by atoms with Crippen LogP contribution >= 0.6 is 0 Å². The van der Waals surface area contributed by atoms with Crippen LogP contribution < -0.4 is 5.32 Å². The van der Waals surface area contributed by atoms with Crippen molar-refractivity contribution in [2.75, 3.05) is 13.7 Å². The first-order valence-corrected chi connectivity index (χ1v) is 7.09. The molecular formula is C14H20N2O5. The average molecular weight is 296 g/mol. The average Bonchev–Trinajstić information content (AvgIpc) is 2.95. The lowest BCUT2D eigenvalue weighted by Crippen LogP contribution is -2.53. The number of aliphatic carboxylic acids is 1. The Morgan fingerprint density at radius 2 is 2.05 bits per heavy atom. The van der Waals surface area contributed by atoms with E-state index in [9.17, 15) is 14.4 Å². The molecule has 3 atom stereocenters. The maximum absolute atomic E-state index is 12.3. The summed E-state index contributed by atoms with van der Waals surface area (Å²) in [7, 11) is 1.31. The molecule has 7 nitrogen and oxygen atoms in total. The molecule has 1 aliphatic carbocycles. The predicted molar refractivity (Wildman–Crippen MR) is 73.6 cm³/mol. The first kappa shape index (κ1) is 15.3. The molecule has 0 saturated carbocycles. The SMILES string of the molecule is COC(=O)C1CCCCN1C(=O)NC1C=CC(C(=O)O)C1. The van der Waals surface area contributed by atoms with Crippen LogP contribution in [-0.2, 0) is 14.3 Å². The fourth-order valence-corrected chi connectivity index (χ4v) is 2.79. The van der Waals surface area contributed by atoms with E-state index in [1.54, 1.807) is 12.2 Å². The standard InChI is InChI=1S/C14H20N2O5/c1-21-13(19)11-4-2-3-7-16(11)14(20)15-10-6-5-9(8-10)12(17)18/h5-6,9-11H,2-4,7-8H2,1H3,(H,15,20)(H,17,18). The number of rotatable bonds is 3.